The van der Waals surface area contributed by atoms with Gasteiger partial charge in [-0.05, 0) is 85.8 Å². The molecule has 1 atom stereocenters. The third-order valence-corrected chi connectivity index (χ3v) is 9.78. The minimum Gasteiger partial charge on any atom is -0.493 e. The van der Waals surface area contributed by atoms with E-state index in [1.165, 1.54) is 42.4 Å². The molecule has 0 amide bonds. The fourth-order valence-corrected chi connectivity index (χ4v) is 7.05. The number of nitriles is 1. The Bertz CT molecular complexity index is 1370. The van der Waals surface area contributed by atoms with Gasteiger partial charge < -0.3 is 18.9 Å². The lowest BCUT2D eigenvalue weighted by atomic mass is 9.92. The molecule has 43 heavy (non-hydrogen) atoms. The van der Waals surface area contributed by atoms with E-state index in [9.17, 15) is 5.26 Å². The summed E-state index contributed by atoms with van der Waals surface area (Å²) in [5.41, 5.74) is 4.89. The second kappa shape index (κ2) is 15.9. The highest BCUT2D eigenvalue weighted by Crippen LogP contribution is 2.47. The Labute approximate surface area is 262 Å². The lowest BCUT2D eigenvalue weighted by Crippen LogP contribution is -2.31. The van der Waals surface area contributed by atoms with Crippen molar-refractivity contribution in [1.29, 1.82) is 5.26 Å². The highest BCUT2D eigenvalue weighted by atomic mass is 32.2. The largest absolute Gasteiger partial charge is 0.493 e. The van der Waals surface area contributed by atoms with Crippen LogP contribution in [0.1, 0.15) is 67.2 Å². The van der Waals surface area contributed by atoms with Crippen LogP contribution in [-0.2, 0) is 17.7 Å². The molecule has 6 nitrogen and oxygen atoms in total. The molecule has 0 aliphatic carbocycles. The number of hydrogen-bond donors (Lipinski definition) is 0. The van der Waals surface area contributed by atoms with Gasteiger partial charge >= 0.3 is 0 Å². The first-order valence-electron chi connectivity index (χ1n) is 15.3. The van der Waals surface area contributed by atoms with E-state index >= 15 is 0 Å². The van der Waals surface area contributed by atoms with Crippen molar-refractivity contribution >= 4 is 11.8 Å². The maximum atomic E-state index is 10.6. The molecule has 3 aromatic rings. The average Bonchev–Trinajstić information content (AvgIpc) is 3.05. The van der Waals surface area contributed by atoms with E-state index in [4.69, 9.17) is 18.9 Å². The molecule has 1 unspecified atom stereocenters. The van der Waals surface area contributed by atoms with Crippen molar-refractivity contribution in [3.8, 4) is 29.1 Å². The van der Waals surface area contributed by atoms with Crippen LogP contribution in [0.5, 0.6) is 23.0 Å². The van der Waals surface area contributed by atoms with Crippen molar-refractivity contribution < 1.29 is 18.9 Å². The van der Waals surface area contributed by atoms with Crippen LogP contribution in [0.15, 0.2) is 59.5 Å². The molecule has 4 rings (SSSR count). The number of hydrogen-bond acceptors (Lipinski definition) is 7. The summed E-state index contributed by atoms with van der Waals surface area (Å²) in [6.45, 7) is 5.27. The van der Waals surface area contributed by atoms with Gasteiger partial charge in [-0.15, -0.1) is 0 Å². The Morgan fingerprint density at radius 3 is 2.00 bits per heavy atom. The summed E-state index contributed by atoms with van der Waals surface area (Å²) in [6, 6.07) is 21.3. The topological polar surface area (TPSA) is 64.0 Å². The summed E-state index contributed by atoms with van der Waals surface area (Å²) in [5, 5.41) is 10.6. The third kappa shape index (κ3) is 8.40. The van der Waals surface area contributed by atoms with Gasteiger partial charge in [0, 0.05) is 18.0 Å². The number of rotatable bonds is 16. The second-order valence-electron chi connectivity index (χ2n) is 11.3. The minimum absolute atomic E-state index is 0.653. The molecule has 0 spiro atoms. The summed E-state index contributed by atoms with van der Waals surface area (Å²) in [6.07, 6.45) is 8.78. The normalized spacial score (nSPS) is 14.3. The summed E-state index contributed by atoms with van der Waals surface area (Å²) in [7, 11) is 6.67. The number of nitrogens with zero attached hydrogens (tertiary/aromatic N) is 2. The maximum absolute atomic E-state index is 10.6. The van der Waals surface area contributed by atoms with E-state index in [1.54, 1.807) is 40.2 Å². The number of unbranched alkanes of at least 4 members (excludes halogenated alkanes) is 5. The maximum Gasteiger partial charge on any atom is 0.161 e. The second-order valence-corrected chi connectivity index (χ2v) is 12.7. The van der Waals surface area contributed by atoms with Gasteiger partial charge in [-0.3, -0.25) is 4.90 Å². The Hall–Kier alpha value is -3.34. The van der Waals surface area contributed by atoms with Gasteiger partial charge in [0.15, 0.2) is 23.0 Å². The predicted octanol–water partition coefficient (Wildman–Crippen LogP) is 8.33. The van der Waals surface area contributed by atoms with Crippen molar-refractivity contribution in [2.75, 3.05) is 41.5 Å². The predicted molar refractivity (Wildman–Crippen MR) is 175 cm³/mol. The Morgan fingerprint density at radius 2 is 1.35 bits per heavy atom. The average molecular weight is 603 g/mol. The molecule has 0 aromatic heterocycles. The standard InChI is InChI=1S/C36H46N2O4S/c1-27-12-15-31(16-13-27)43-36(26-37,30-14-17-32(39-2)35(24-30)42-5)19-10-8-6-7-9-11-20-38-21-18-28-22-33(40-3)34(41-4)23-29(28)25-38/h12-17,22-24H,6-11,18-21,25H2,1-5H3. The Morgan fingerprint density at radius 1 is 0.744 bits per heavy atom. The first-order chi connectivity index (χ1) is 20.9. The van der Waals surface area contributed by atoms with Gasteiger partial charge in [0.25, 0.3) is 0 Å². The van der Waals surface area contributed by atoms with Gasteiger partial charge in [0.1, 0.15) is 4.75 Å². The monoisotopic (exact) mass is 602 g/mol. The first kappa shape index (κ1) is 32.6. The number of ether oxygens (including phenoxy) is 4. The highest BCUT2D eigenvalue weighted by Gasteiger charge is 2.34. The van der Waals surface area contributed by atoms with Crippen LogP contribution >= 0.6 is 11.8 Å². The van der Waals surface area contributed by atoms with Crippen LogP contribution in [0.2, 0.25) is 0 Å². The Balaban J connectivity index is 1.27. The number of thioether (sulfide) groups is 1. The van der Waals surface area contributed by atoms with E-state index in [-0.39, 0.29) is 0 Å². The van der Waals surface area contributed by atoms with Gasteiger partial charge in [0.2, 0.25) is 0 Å². The number of fused-ring (bicyclic) bond motifs is 1. The van der Waals surface area contributed by atoms with E-state index in [0.717, 1.165) is 67.3 Å². The van der Waals surface area contributed by atoms with Crippen LogP contribution in [-0.4, -0.2) is 46.4 Å². The van der Waals surface area contributed by atoms with Crippen molar-refractivity contribution in [2.45, 2.75) is 74.5 Å². The zero-order valence-electron chi connectivity index (χ0n) is 26.4. The van der Waals surface area contributed by atoms with E-state index in [1.807, 2.05) is 18.2 Å². The molecular formula is C36H46N2O4S. The number of aryl methyl sites for hydroxylation is 1. The molecule has 0 radical (unpaired) electrons. The molecule has 0 saturated carbocycles. The molecule has 7 heteroatoms. The van der Waals surface area contributed by atoms with Crippen LogP contribution in [0.3, 0.4) is 0 Å². The smallest absolute Gasteiger partial charge is 0.161 e. The first-order valence-corrected chi connectivity index (χ1v) is 16.1. The number of benzene rings is 3. The molecule has 0 bridgehead atoms. The van der Waals surface area contributed by atoms with Crippen molar-refractivity contribution in [1.82, 2.24) is 4.90 Å². The van der Waals surface area contributed by atoms with Gasteiger partial charge in [0.05, 0.1) is 34.5 Å². The lowest BCUT2D eigenvalue weighted by Gasteiger charge is -2.29. The fourth-order valence-electron chi connectivity index (χ4n) is 5.84. The van der Waals surface area contributed by atoms with Crippen LogP contribution in [0, 0.1) is 18.3 Å². The quantitative estimate of drug-likeness (QED) is 0.121. The van der Waals surface area contributed by atoms with Gasteiger partial charge in [-0.1, -0.05) is 67.6 Å². The van der Waals surface area contributed by atoms with Crippen LogP contribution in [0.4, 0.5) is 0 Å². The van der Waals surface area contributed by atoms with Crippen molar-refractivity contribution in [3.05, 3.63) is 76.9 Å². The number of methoxy groups -OCH3 is 4. The molecule has 1 heterocycles. The fraction of sp³-hybridized carbons (Fsp3) is 0.472. The molecule has 1 aliphatic rings. The zero-order valence-corrected chi connectivity index (χ0v) is 27.2. The molecule has 230 valence electrons. The highest BCUT2D eigenvalue weighted by molar-refractivity contribution is 8.00. The molecule has 0 N–H and O–H groups in total. The molecule has 0 fully saturated rings. The SMILES string of the molecule is COc1ccc(C(C#N)(CCCCCCCCN2CCc3cc(OC)c(OC)cc3C2)Sc2ccc(C)cc2)cc1OC. The third-order valence-electron chi connectivity index (χ3n) is 8.39. The van der Waals surface area contributed by atoms with Gasteiger partial charge in [-0.25, -0.2) is 0 Å². The Kier molecular flexibility index (Phi) is 12.1. The van der Waals surface area contributed by atoms with Crippen LogP contribution in [0.25, 0.3) is 0 Å². The van der Waals surface area contributed by atoms with Crippen molar-refractivity contribution in [3.63, 3.8) is 0 Å². The van der Waals surface area contributed by atoms with E-state index in [2.05, 4.69) is 54.3 Å². The van der Waals surface area contributed by atoms with E-state index in [0.29, 0.717) is 11.5 Å². The molecular weight excluding hydrogens is 556 g/mol. The molecule has 1 aliphatic heterocycles. The van der Waals surface area contributed by atoms with Crippen LogP contribution < -0.4 is 18.9 Å². The minimum atomic E-state index is -0.702. The summed E-state index contributed by atoms with van der Waals surface area (Å²) in [5.74, 6) is 2.96. The van der Waals surface area contributed by atoms with Gasteiger partial charge in [-0.2, -0.15) is 5.26 Å². The molecule has 0 saturated heterocycles. The lowest BCUT2D eigenvalue weighted by molar-refractivity contribution is 0.246. The van der Waals surface area contributed by atoms with Crippen molar-refractivity contribution in [2.24, 2.45) is 0 Å². The molecule has 3 aromatic carbocycles. The zero-order chi connectivity index (χ0) is 30.7. The summed E-state index contributed by atoms with van der Waals surface area (Å²) < 4.78 is 21.3. The summed E-state index contributed by atoms with van der Waals surface area (Å²) in [4.78, 5) is 3.65. The summed E-state index contributed by atoms with van der Waals surface area (Å²) >= 11 is 1.64. The van der Waals surface area contributed by atoms with E-state index < -0.39 is 4.75 Å².